The van der Waals surface area contributed by atoms with Gasteiger partial charge in [-0.2, -0.15) is 0 Å². The van der Waals surface area contributed by atoms with Gasteiger partial charge >= 0.3 is 0 Å². The van der Waals surface area contributed by atoms with E-state index in [1.807, 2.05) is 0 Å². The lowest BCUT2D eigenvalue weighted by Gasteiger charge is -2.22. The highest BCUT2D eigenvalue weighted by atomic mass is 32.2. The van der Waals surface area contributed by atoms with Crippen LogP contribution in [0.3, 0.4) is 0 Å². The zero-order valence-corrected chi connectivity index (χ0v) is 15.5. The minimum Gasteiger partial charge on any atom is -0.321 e. The second-order valence-corrected chi connectivity index (χ2v) is 8.49. The number of carbonyl (C=O) groups is 1. The van der Waals surface area contributed by atoms with Crippen molar-refractivity contribution >= 4 is 21.6 Å². The van der Waals surface area contributed by atoms with Crippen molar-refractivity contribution in [3.63, 3.8) is 0 Å². The van der Waals surface area contributed by atoms with Crippen LogP contribution >= 0.6 is 0 Å². The van der Waals surface area contributed by atoms with Gasteiger partial charge in [0.1, 0.15) is 0 Å². The molecule has 0 unspecified atom stereocenters. The predicted octanol–water partition coefficient (Wildman–Crippen LogP) is 0.705. The second kappa shape index (κ2) is 7.52. The molecule has 1 amide bonds. The number of piperidine rings is 1. The SMILES string of the molecule is CN(C)S(=O)(=O)c1cccc(NC(=O)c2cn(C3CCNCC3)nn2)c1. The Bertz CT molecular complexity index is 887. The van der Waals surface area contributed by atoms with Gasteiger partial charge in [0.15, 0.2) is 5.69 Å². The molecule has 2 N–H and O–H groups in total. The number of amides is 1. The number of anilines is 1. The summed E-state index contributed by atoms with van der Waals surface area (Å²) in [6.45, 7) is 1.83. The molecule has 1 aliphatic rings. The van der Waals surface area contributed by atoms with Crippen LogP contribution in [0.5, 0.6) is 0 Å². The van der Waals surface area contributed by atoms with E-state index < -0.39 is 15.9 Å². The summed E-state index contributed by atoms with van der Waals surface area (Å²) in [6, 6.07) is 6.35. The van der Waals surface area contributed by atoms with Gasteiger partial charge in [0.05, 0.1) is 17.1 Å². The Morgan fingerprint density at radius 1 is 1.31 bits per heavy atom. The molecule has 2 aromatic rings. The number of hydrogen-bond donors (Lipinski definition) is 2. The van der Waals surface area contributed by atoms with E-state index >= 15 is 0 Å². The molecule has 10 heteroatoms. The van der Waals surface area contributed by atoms with Gasteiger partial charge in [0.25, 0.3) is 5.91 Å². The van der Waals surface area contributed by atoms with Gasteiger partial charge in [-0.1, -0.05) is 11.3 Å². The van der Waals surface area contributed by atoms with Crippen molar-refractivity contribution in [2.24, 2.45) is 0 Å². The highest BCUT2D eigenvalue weighted by molar-refractivity contribution is 7.89. The Morgan fingerprint density at radius 2 is 2.04 bits per heavy atom. The third-order valence-electron chi connectivity index (χ3n) is 4.30. The van der Waals surface area contributed by atoms with Crippen LogP contribution in [-0.2, 0) is 10.0 Å². The Balaban J connectivity index is 1.73. The first-order chi connectivity index (χ1) is 12.4. The summed E-state index contributed by atoms with van der Waals surface area (Å²) in [6.07, 6.45) is 3.51. The minimum absolute atomic E-state index is 0.110. The summed E-state index contributed by atoms with van der Waals surface area (Å²) in [5.41, 5.74) is 0.582. The fourth-order valence-corrected chi connectivity index (χ4v) is 3.72. The van der Waals surface area contributed by atoms with Gasteiger partial charge in [0, 0.05) is 19.8 Å². The van der Waals surface area contributed by atoms with Crippen LogP contribution in [0.15, 0.2) is 35.4 Å². The normalized spacial score (nSPS) is 16.0. The molecule has 140 valence electrons. The number of sulfonamides is 1. The summed E-state index contributed by atoms with van der Waals surface area (Å²) in [7, 11) is -0.650. The summed E-state index contributed by atoms with van der Waals surface area (Å²) in [5.74, 6) is -0.426. The van der Waals surface area contributed by atoms with Gasteiger partial charge in [-0.3, -0.25) is 4.79 Å². The fraction of sp³-hybridized carbons (Fsp3) is 0.438. The number of benzene rings is 1. The summed E-state index contributed by atoms with van der Waals surface area (Å²) in [5, 5.41) is 14.0. The van der Waals surface area contributed by atoms with Gasteiger partial charge < -0.3 is 10.6 Å². The smallest absolute Gasteiger partial charge is 0.277 e. The number of nitrogens with zero attached hydrogens (tertiary/aromatic N) is 4. The molecule has 1 aromatic carbocycles. The van der Waals surface area contributed by atoms with Crippen LogP contribution < -0.4 is 10.6 Å². The number of nitrogens with one attached hydrogen (secondary N) is 2. The zero-order chi connectivity index (χ0) is 18.7. The van der Waals surface area contributed by atoms with Crippen LogP contribution in [0, 0.1) is 0 Å². The number of hydrogen-bond acceptors (Lipinski definition) is 6. The van der Waals surface area contributed by atoms with Crippen molar-refractivity contribution in [1.29, 1.82) is 0 Å². The zero-order valence-electron chi connectivity index (χ0n) is 14.7. The van der Waals surface area contributed by atoms with Crippen molar-refractivity contribution in [1.82, 2.24) is 24.6 Å². The molecule has 0 aliphatic carbocycles. The van der Waals surface area contributed by atoms with E-state index in [1.165, 1.54) is 26.2 Å². The quantitative estimate of drug-likeness (QED) is 0.793. The maximum Gasteiger partial charge on any atom is 0.277 e. The van der Waals surface area contributed by atoms with Crippen molar-refractivity contribution < 1.29 is 13.2 Å². The molecule has 9 nitrogen and oxygen atoms in total. The van der Waals surface area contributed by atoms with Crippen LogP contribution in [0.25, 0.3) is 0 Å². The first-order valence-electron chi connectivity index (χ1n) is 8.34. The van der Waals surface area contributed by atoms with Crippen LogP contribution in [0.4, 0.5) is 5.69 Å². The van der Waals surface area contributed by atoms with E-state index in [0.29, 0.717) is 5.69 Å². The molecule has 1 saturated heterocycles. The molecule has 0 saturated carbocycles. The van der Waals surface area contributed by atoms with Gasteiger partial charge in [0.2, 0.25) is 10.0 Å². The highest BCUT2D eigenvalue weighted by Crippen LogP contribution is 2.19. The van der Waals surface area contributed by atoms with Crippen LogP contribution in [0.1, 0.15) is 29.4 Å². The summed E-state index contributed by atoms with van der Waals surface area (Å²) >= 11 is 0. The molecular weight excluding hydrogens is 356 g/mol. The van der Waals surface area contributed by atoms with E-state index in [2.05, 4.69) is 20.9 Å². The molecule has 1 aliphatic heterocycles. The molecule has 0 bridgehead atoms. The topological polar surface area (TPSA) is 109 Å². The monoisotopic (exact) mass is 378 g/mol. The van der Waals surface area contributed by atoms with E-state index in [1.54, 1.807) is 23.0 Å². The maximum absolute atomic E-state index is 12.4. The molecule has 0 spiro atoms. The molecule has 0 atom stereocenters. The highest BCUT2D eigenvalue weighted by Gasteiger charge is 2.20. The Labute approximate surface area is 152 Å². The standard InChI is InChI=1S/C16H22N6O3S/c1-21(2)26(24,25)14-5-3-4-12(10-14)18-16(23)15-11-22(20-19-15)13-6-8-17-9-7-13/h3-5,10-11,13,17H,6-9H2,1-2H3,(H,18,23). The van der Waals surface area contributed by atoms with Crippen molar-refractivity contribution in [3.8, 4) is 0 Å². The largest absolute Gasteiger partial charge is 0.321 e. The molecule has 0 radical (unpaired) electrons. The Hall–Kier alpha value is -2.30. The summed E-state index contributed by atoms with van der Waals surface area (Å²) in [4.78, 5) is 12.5. The van der Waals surface area contributed by atoms with E-state index in [0.717, 1.165) is 30.2 Å². The molecule has 1 fully saturated rings. The van der Waals surface area contributed by atoms with Crippen molar-refractivity contribution in [2.45, 2.75) is 23.8 Å². The molecule has 3 rings (SSSR count). The summed E-state index contributed by atoms with van der Waals surface area (Å²) < 4.78 is 27.2. The van der Waals surface area contributed by atoms with E-state index in [-0.39, 0.29) is 16.6 Å². The maximum atomic E-state index is 12.4. The average molecular weight is 378 g/mol. The van der Waals surface area contributed by atoms with Gasteiger partial charge in [-0.15, -0.1) is 5.10 Å². The molecule has 1 aromatic heterocycles. The number of rotatable bonds is 5. The predicted molar refractivity (Wildman–Crippen MR) is 96.4 cm³/mol. The number of carbonyl (C=O) groups excluding carboxylic acids is 1. The van der Waals surface area contributed by atoms with Crippen LogP contribution in [0.2, 0.25) is 0 Å². The van der Waals surface area contributed by atoms with Crippen molar-refractivity contribution in [3.05, 3.63) is 36.2 Å². The molecular formula is C16H22N6O3S. The first-order valence-corrected chi connectivity index (χ1v) is 9.78. The van der Waals surface area contributed by atoms with Crippen molar-refractivity contribution in [2.75, 3.05) is 32.5 Å². The lowest BCUT2D eigenvalue weighted by atomic mass is 10.1. The molecule has 26 heavy (non-hydrogen) atoms. The van der Waals surface area contributed by atoms with Gasteiger partial charge in [-0.05, 0) is 44.1 Å². The van der Waals surface area contributed by atoms with Gasteiger partial charge in [-0.25, -0.2) is 17.4 Å². The first kappa shape index (κ1) is 18.5. The Morgan fingerprint density at radius 3 is 2.73 bits per heavy atom. The van der Waals surface area contributed by atoms with E-state index in [9.17, 15) is 13.2 Å². The second-order valence-electron chi connectivity index (χ2n) is 6.33. The third-order valence-corrected chi connectivity index (χ3v) is 6.11. The van der Waals surface area contributed by atoms with Crippen LogP contribution in [-0.4, -0.2) is 60.8 Å². The lowest BCUT2D eigenvalue weighted by molar-refractivity contribution is 0.102. The molecule has 2 heterocycles. The lowest BCUT2D eigenvalue weighted by Crippen LogP contribution is -2.29. The third kappa shape index (κ3) is 3.92. The van der Waals surface area contributed by atoms with E-state index in [4.69, 9.17) is 0 Å². The average Bonchev–Trinajstić information content (AvgIpc) is 3.13. The number of aromatic nitrogens is 3. The fourth-order valence-electron chi connectivity index (χ4n) is 2.77. The Kier molecular flexibility index (Phi) is 5.35. The minimum atomic E-state index is -3.57.